The third-order valence-electron chi connectivity index (χ3n) is 3.43. The molecular weight excluding hydrogens is 266 g/mol. The van der Waals surface area contributed by atoms with Crippen LogP contribution in [0.5, 0.6) is 0 Å². The van der Waals surface area contributed by atoms with E-state index >= 15 is 0 Å². The number of carbonyl (C=O) groups excluding carboxylic acids is 2. The van der Waals surface area contributed by atoms with E-state index < -0.39 is 11.4 Å². The third kappa shape index (κ3) is 3.15. The molecule has 0 atom stereocenters. The highest BCUT2D eigenvalue weighted by atomic mass is 16.5. The van der Waals surface area contributed by atoms with Crippen LogP contribution in [-0.4, -0.2) is 22.9 Å². The maximum absolute atomic E-state index is 12.3. The molecule has 1 aromatic carbocycles. The Hall–Kier alpha value is -2.10. The minimum atomic E-state index is -0.447. The summed E-state index contributed by atoms with van der Waals surface area (Å²) in [6, 6.07) is 9.43. The van der Waals surface area contributed by atoms with Gasteiger partial charge in [-0.3, -0.25) is 4.79 Å². The molecule has 0 fully saturated rings. The van der Waals surface area contributed by atoms with Crippen molar-refractivity contribution >= 4 is 22.7 Å². The number of benzene rings is 1. The molecule has 1 aromatic heterocycles. The number of Topliss-reactive ketones (excluding diaryl/α,β-unsaturated/α-hetero) is 1. The second-order valence-electron chi connectivity index (χ2n) is 6.07. The maximum Gasteiger partial charge on any atom is 0.354 e. The Morgan fingerprint density at radius 1 is 1.19 bits per heavy atom. The molecule has 21 heavy (non-hydrogen) atoms. The van der Waals surface area contributed by atoms with Crippen LogP contribution in [-0.2, 0) is 16.1 Å². The zero-order valence-corrected chi connectivity index (χ0v) is 13.0. The minimum Gasteiger partial charge on any atom is -0.461 e. The summed E-state index contributed by atoms with van der Waals surface area (Å²) >= 11 is 0. The lowest BCUT2D eigenvalue weighted by atomic mass is 9.91. The molecule has 2 rings (SSSR count). The second-order valence-corrected chi connectivity index (χ2v) is 6.07. The molecular formula is C17H21NO3. The summed E-state index contributed by atoms with van der Waals surface area (Å²) in [5.74, 6) is -0.315. The van der Waals surface area contributed by atoms with E-state index in [4.69, 9.17) is 4.74 Å². The molecule has 0 radical (unpaired) electrons. The molecule has 0 bridgehead atoms. The van der Waals surface area contributed by atoms with Crippen LogP contribution in [0.1, 0.15) is 38.2 Å². The second kappa shape index (κ2) is 5.72. The molecule has 0 unspecified atom stereocenters. The summed E-state index contributed by atoms with van der Waals surface area (Å²) in [5.41, 5.74) is 0.853. The Morgan fingerprint density at radius 2 is 1.86 bits per heavy atom. The number of carbonyl (C=O) groups is 2. The molecule has 0 N–H and O–H groups in total. The number of ether oxygens (including phenoxy) is 1. The average Bonchev–Trinajstić information content (AvgIpc) is 2.77. The van der Waals surface area contributed by atoms with Crippen LogP contribution in [0, 0.1) is 5.41 Å². The van der Waals surface area contributed by atoms with E-state index in [9.17, 15) is 9.59 Å². The first-order valence-electron chi connectivity index (χ1n) is 7.13. The SMILES string of the molecule is CCOC(=O)c1cc2ccccc2n1CC(=O)C(C)(C)C. The molecule has 0 aliphatic heterocycles. The fraction of sp³-hybridized carbons (Fsp3) is 0.412. The number of rotatable bonds is 4. The Morgan fingerprint density at radius 3 is 2.48 bits per heavy atom. The normalized spacial score (nSPS) is 11.6. The van der Waals surface area contributed by atoms with Crippen LogP contribution >= 0.6 is 0 Å². The number of para-hydroxylation sites is 1. The van der Waals surface area contributed by atoms with Crippen LogP contribution < -0.4 is 0 Å². The molecule has 4 nitrogen and oxygen atoms in total. The Labute approximate surface area is 124 Å². The van der Waals surface area contributed by atoms with Crippen molar-refractivity contribution in [1.29, 1.82) is 0 Å². The van der Waals surface area contributed by atoms with E-state index in [1.807, 2.05) is 45.0 Å². The molecule has 0 saturated heterocycles. The summed E-state index contributed by atoms with van der Waals surface area (Å²) in [4.78, 5) is 24.4. The van der Waals surface area contributed by atoms with E-state index in [1.54, 1.807) is 17.6 Å². The molecule has 2 aromatic rings. The zero-order valence-electron chi connectivity index (χ0n) is 13.0. The summed E-state index contributed by atoms with van der Waals surface area (Å²) in [5, 5.41) is 0.933. The lowest BCUT2D eigenvalue weighted by Crippen LogP contribution is -2.26. The van der Waals surface area contributed by atoms with Gasteiger partial charge in [-0.15, -0.1) is 0 Å². The summed E-state index contributed by atoms with van der Waals surface area (Å²) in [7, 11) is 0. The maximum atomic E-state index is 12.3. The van der Waals surface area contributed by atoms with Crippen LogP contribution in [0.25, 0.3) is 10.9 Å². The number of hydrogen-bond acceptors (Lipinski definition) is 3. The number of nitrogens with zero attached hydrogens (tertiary/aromatic N) is 1. The van der Waals surface area contributed by atoms with Gasteiger partial charge in [0.25, 0.3) is 0 Å². The lowest BCUT2D eigenvalue weighted by Gasteiger charge is -2.18. The number of esters is 1. The van der Waals surface area contributed by atoms with Gasteiger partial charge in [-0.2, -0.15) is 0 Å². The van der Waals surface area contributed by atoms with Crippen molar-refractivity contribution in [2.24, 2.45) is 5.41 Å². The van der Waals surface area contributed by atoms with Crippen LogP contribution in [0.3, 0.4) is 0 Å². The highest BCUT2D eigenvalue weighted by molar-refractivity contribution is 5.97. The van der Waals surface area contributed by atoms with Crippen molar-refractivity contribution in [3.8, 4) is 0 Å². The van der Waals surface area contributed by atoms with Gasteiger partial charge in [0.1, 0.15) is 5.69 Å². The fourth-order valence-corrected chi connectivity index (χ4v) is 2.14. The number of ketones is 1. The predicted molar refractivity (Wildman–Crippen MR) is 82.4 cm³/mol. The standard InChI is InChI=1S/C17H21NO3/c1-5-21-16(20)14-10-12-8-6-7-9-13(12)18(14)11-15(19)17(2,3)4/h6-10H,5,11H2,1-4H3. The van der Waals surface area contributed by atoms with Gasteiger partial charge in [0.2, 0.25) is 0 Å². The Bertz CT molecular complexity index is 677. The van der Waals surface area contributed by atoms with E-state index in [0.29, 0.717) is 12.3 Å². The third-order valence-corrected chi connectivity index (χ3v) is 3.43. The summed E-state index contributed by atoms with van der Waals surface area (Å²) < 4.78 is 6.85. The zero-order chi connectivity index (χ0) is 15.6. The number of aromatic nitrogens is 1. The van der Waals surface area contributed by atoms with Crippen molar-refractivity contribution in [2.45, 2.75) is 34.2 Å². The van der Waals surface area contributed by atoms with E-state index in [0.717, 1.165) is 10.9 Å². The highest BCUT2D eigenvalue weighted by Gasteiger charge is 2.25. The molecule has 4 heteroatoms. The topological polar surface area (TPSA) is 48.3 Å². The predicted octanol–water partition coefficient (Wildman–Crippen LogP) is 3.43. The molecule has 0 saturated carbocycles. The largest absolute Gasteiger partial charge is 0.461 e. The monoisotopic (exact) mass is 287 g/mol. The van der Waals surface area contributed by atoms with Gasteiger partial charge in [0.15, 0.2) is 5.78 Å². The van der Waals surface area contributed by atoms with Crippen molar-refractivity contribution in [3.63, 3.8) is 0 Å². The van der Waals surface area contributed by atoms with E-state index in [2.05, 4.69) is 0 Å². The average molecular weight is 287 g/mol. The molecule has 1 heterocycles. The first kappa shape index (κ1) is 15.3. The van der Waals surface area contributed by atoms with Gasteiger partial charge >= 0.3 is 5.97 Å². The van der Waals surface area contributed by atoms with Crippen molar-refractivity contribution in [2.75, 3.05) is 6.61 Å². The molecule has 0 spiro atoms. The van der Waals surface area contributed by atoms with Crippen molar-refractivity contribution in [1.82, 2.24) is 4.57 Å². The fourth-order valence-electron chi connectivity index (χ4n) is 2.14. The van der Waals surface area contributed by atoms with Gasteiger partial charge in [-0.1, -0.05) is 39.0 Å². The van der Waals surface area contributed by atoms with E-state index in [1.165, 1.54) is 0 Å². The van der Waals surface area contributed by atoms with Gasteiger partial charge < -0.3 is 9.30 Å². The highest BCUT2D eigenvalue weighted by Crippen LogP contribution is 2.23. The van der Waals surface area contributed by atoms with Crippen LogP contribution in [0.2, 0.25) is 0 Å². The van der Waals surface area contributed by atoms with Gasteiger partial charge in [0.05, 0.1) is 13.2 Å². The van der Waals surface area contributed by atoms with Crippen LogP contribution in [0.15, 0.2) is 30.3 Å². The molecule has 0 aliphatic rings. The first-order valence-corrected chi connectivity index (χ1v) is 7.13. The molecule has 112 valence electrons. The summed E-state index contributed by atoms with van der Waals surface area (Å²) in [6.45, 7) is 7.89. The lowest BCUT2D eigenvalue weighted by molar-refractivity contribution is -0.126. The molecule has 0 aliphatic carbocycles. The Kier molecular flexibility index (Phi) is 4.16. The number of hydrogen-bond donors (Lipinski definition) is 0. The van der Waals surface area contributed by atoms with Gasteiger partial charge in [-0.05, 0) is 19.1 Å². The van der Waals surface area contributed by atoms with Gasteiger partial charge in [0, 0.05) is 16.3 Å². The summed E-state index contributed by atoms with van der Waals surface area (Å²) in [6.07, 6.45) is 0. The van der Waals surface area contributed by atoms with Crippen molar-refractivity contribution in [3.05, 3.63) is 36.0 Å². The smallest absolute Gasteiger partial charge is 0.354 e. The van der Waals surface area contributed by atoms with Crippen molar-refractivity contribution < 1.29 is 14.3 Å². The van der Waals surface area contributed by atoms with Gasteiger partial charge in [-0.25, -0.2) is 4.79 Å². The minimum absolute atomic E-state index is 0.0781. The Balaban J connectivity index is 2.50. The quantitative estimate of drug-likeness (QED) is 0.809. The van der Waals surface area contributed by atoms with E-state index in [-0.39, 0.29) is 12.3 Å². The number of fused-ring (bicyclic) bond motifs is 1. The van der Waals surface area contributed by atoms with Crippen LogP contribution in [0.4, 0.5) is 0 Å². The molecule has 0 amide bonds. The first-order chi connectivity index (χ1) is 9.84.